The molecule has 1 aromatic heterocycles. The predicted octanol–water partition coefficient (Wildman–Crippen LogP) is 5.29. The Kier molecular flexibility index (Phi) is 5.61. The molecule has 136 valence electrons. The molecule has 0 bridgehead atoms. The van der Waals surface area contributed by atoms with Crippen LogP contribution in [-0.4, -0.2) is 23.8 Å². The Morgan fingerprint density at radius 2 is 1.85 bits per heavy atom. The molecule has 1 heterocycles. The van der Waals surface area contributed by atoms with Crippen LogP contribution < -0.4 is 4.74 Å². The van der Waals surface area contributed by atoms with Gasteiger partial charge in [-0.2, -0.15) is 0 Å². The first-order chi connectivity index (χ1) is 12.7. The number of hydrogen-bond acceptors (Lipinski definition) is 3. The van der Waals surface area contributed by atoms with Crippen molar-refractivity contribution in [2.75, 3.05) is 13.2 Å². The lowest BCUT2D eigenvalue weighted by molar-refractivity contribution is 0.0527. The summed E-state index contributed by atoms with van der Waals surface area (Å²) in [6, 6.07) is 16.0. The van der Waals surface area contributed by atoms with E-state index in [1.165, 1.54) is 0 Å². The maximum Gasteiger partial charge on any atom is 0.340 e. The third-order valence-corrected chi connectivity index (χ3v) is 4.44. The lowest BCUT2D eigenvalue weighted by Crippen LogP contribution is -2.07. The number of aromatic nitrogens is 1. The summed E-state index contributed by atoms with van der Waals surface area (Å²) in [7, 11) is 0. The summed E-state index contributed by atoms with van der Waals surface area (Å²) in [5, 5.41) is 0.860. The highest BCUT2D eigenvalue weighted by molar-refractivity contribution is 6.07. The van der Waals surface area contributed by atoms with Crippen molar-refractivity contribution in [3.05, 3.63) is 59.8 Å². The molecule has 3 aromatic rings. The molecule has 0 radical (unpaired) electrons. The Labute approximate surface area is 154 Å². The first-order valence-corrected chi connectivity index (χ1v) is 9.17. The highest BCUT2D eigenvalue weighted by atomic mass is 16.5. The number of carbonyl (C=O) groups excluding carboxylic acids is 1. The number of benzene rings is 2. The Hall–Kier alpha value is -2.75. The Balaban J connectivity index is 2.16. The third kappa shape index (κ3) is 3.45. The largest absolute Gasteiger partial charge is 0.494 e. The van der Waals surface area contributed by atoms with Crippen molar-refractivity contribution < 1.29 is 14.3 Å². The number of rotatable bonds is 7. The van der Waals surface area contributed by atoms with Crippen molar-refractivity contribution in [2.45, 2.75) is 33.6 Å². The fraction of sp³-hybridized carbons (Fsp3) is 0.318. The summed E-state index contributed by atoms with van der Waals surface area (Å²) < 4.78 is 13.2. The van der Waals surface area contributed by atoms with Gasteiger partial charge in [0.05, 0.1) is 24.3 Å². The first kappa shape index (κ1) is 18.1. The van der Waals surface area contributed by atoms with Crippen LogP contribution in [0.3, 0.4) is 0 Å². The number of carbonyl (C=O) groups is 1. The molecule has 0 spiro atoms. The van der Waals surface area contributed by atoms with Crippen molar-refractivity contribution in [3.63, 3.8) is 0 Å². The molecule has 0 aliphatic rings. The van der Waals surface area contributed by atoms with E-state index >= 15 is 0 Å². The van der Waals surface area contributed by atoms with Gasteiger partial charge in [-0.25, -0.2) is 4.79 Å². The second kappa shape index (κ2) is 8.09. The molecule has 0 saturated carbocycles. The van der Waals surface area contributed by atoms with E-state index in [0.29, 0.717) is 18.8 Å². The highest BCUT2D eigenvalue weighted by Crippen LogP contribution is 2.32. The minimum absolute atomic E-state index is 0.296. The Morgan fingerprint density at radius 3 is 2.54 bits per heavy atom. The zero-order valence-corrected chi connectivity index (χ0v) is 15.6. The van der Waals surface area contributed by atoms with E-state index < -0.39 is 0 Å². The Morgan fingerprint density at radius 1 is 1.08 bits per heavy atom. The van der Waals surface area contributed by atoms with Gasteiger partial charge in [0.1, 0.15) is 5.75 Å². The minimum Gasteiger partial charge on any atom is -0.494 e. The average Bonchev–Trinajstić information content (AvgIpc) is 2.94. The van der Waals surface area contributed by atoms with Crippen LogP contribution in [-0.2, 0) is 4.74 Å². The van der Waals surface area contributed by atoms with Crippen molar-refractivity contribution in [2.24, 2.45) is 0 Å². The van der Waals surface area contributed by atoms with E-state index in [1.807, 2.05) is 62.4 Å². The van der Waals surface area contributed by atoms with Gasteiger partial charge in [-0.1, -0.05) is 31.5 Å². The van der Waals surface area contributed by atoms with Crippen molar-refractivity contribution in [1.82, 2.24) is 4.57 Å². The molecule has 0 aliphatic carbocycles. The molecular formula is C22H25NO3. The number of nitrogens with zero attached hydrogens (tertiary/aromatic N) is 1. The smallest absolute Gasteiger partial charge is 0.340 e. The highest BCUT2D eigenvalue weighted by Gasteiger charge is 2.22. The lowest BCUT2D eigenvalue weighted by atomic mass is 10.1. The monoisotopic (exact) mass is 351 g/mol. The van der Waals surface area contributed by atoms with Crippen LogP contribution in [0, 0.1) is 6.92 Å². The molecule has 2 aromatic carbocycles. The molecule has 0 aliphatic heterocycles. The van der Waals surface area contributed by atoms with E-state index in [0.717, 1.165) is 40.9 Å². The summed E-state index contributed by atoms with van der Waals surface area (Å²) in [4.78, 5) is 12.6. The van der Waals surface area contributed by atoms with Crippen LogP contribution in [0.5, 0.6) is 5.75 Å². The van der Waals surface area contributed by atoms with Gasteiger partial charge in [-0.05, 0) is 50.6 Å². The minimum atomic E-state index is -0.296. The van der Waals surface area contributed by atoms with Crippen molar-refractivity contribution in [3.8, 4) is 11.4 Å². The van der Waals surface area contributed by atoms with Gasteiger partial charge in [0.15, 0.2) is 0 Å². The van der Waals surface area contributed by atoms with Gasteiger partial charge in [0.25, 0.3) is 0 Å². The summed E-state index contributed by atoms with van der Waals surface area (Å²) in [6.45, 7) is 6.94. The number of unbranched alkanes of at least 4 members (excludes halogenated alkanes) is 1. The van der Waals surface area contributed by atoms with Gasteiger partial charge >= 0.3 is 5.97 Å². The number of ether oxygens (including phenoxy) is 2. The standard InChI is InChI=1S/C22H25NO3/c1-4-6-14-26-18-12-13-20-19(15-18)21(22(24)25-5-2)16(3)23(20)17-10-8-7-9-11-17/h7-13,15H,4-6,14H2,1-3H3. The van der Waals surface area contributed by atoms with Gasteiger partial charge in [-0.3, -0.25) is 0 Å². The van der Waals surface area contributed by atoms with Crippen molar-refractivity contribution in [1.29, 1.82) is 0 Å². The van der Waals surface area contributed by atoms with Crippen LogP contribution in [0.25, 0.3) is 16.6 Å². The van der Waals surface area contributed by atoms with Crippen LogP contribution >= 0.6 is 0 Å². The molecule has 26 heavy (non-hydrogen) atoms. The Bertz CT molecular complexity index is 897. The van der Waals surface area contributed by atoms with Crippen LogP contribution in [0.1, 0.15) is 42.7 Å². The fourth-order valence-corrected chi connectivity index (χ4v) is 3.19. The van der Waals surface area contributed by atoms with E-state index in [1.54, 1.807) is 0 Å². The molecule has 0 saturated heterocycles. The third-order valence-electron chi connectivity index (χ3n) is 4.44. The molecule has 0 N–H and O–H groups in total. The second-order valence-electron chi connectivity index (χ2n) is 6.23. The molecule has 3 rings (SSSR count). The summed E-state index contributed by atoms with van der Waals surface area (Å²) in [6.07, 6.45) is 2.09. The van der Waals surface area contributed by atoms with E-state index in [2.05, 4.69) is 11.5 Å². The molecule has 4 heteroatoms. The van der Waals surface area contributed by atoms with E-state index in [4.69, 9.17) is 9.47 Å². The summed E-state index contributed by atoms with van der Waals surface area (Å²) >= 11 is 0. The number of para-hydroxylation sites is 1. The number of fused-ring (bicyclic) bond motifs is 1. The summed E-state index contributed by atoms with van der Waals surface area (Å²) in [5.41, 5.74) is 3.46. The molecule has 4 nitrogen and oxygen atoms in total. The number of esters is 1. The lowest BCUT2D eigenvalue weighted by Gasteiger charge is -2.09. The average molecular weight is 351 g/mol. The van der Waals surface area contributed by atoms with Crippen LogP contribution in [0.2, 0.25) is 0 Å². The second-order valence-corrected chi connectivity index (χ2v) is 6.23. The van der Waals surface area contributed by atoms with Gasteiger partial charge in [0.2, 0.25) is 0 Å². The predicted molar refractivity (Wildman–Crippen MR) is 104 cm³/mol. The normalized spacial score (nSPS) is 10.9. The maximum absolute atomic E-state index is 12.6. The van der Waals surface area contributed by atoms with Gasteiger partial charge in [0, 0.05) is 16.8 Å². The maximum atomic E-state index is 12.6. The van der Waals surface area contributed by atoms with Crippen LogP contribution in [0.4, 0.5) is 0 Å². The molecule has 0 fully saturated rings. The van der Waals surface area contributed by atoms with Gasteiger partial charge in [-0.15, -0.1) is 0 Å². The van der Waals surface area contributed by atoms with Gasteiger partial charge < -0.3 is 14.0 Å². The van der Waals surface area contributed by atoms with E-state index in [-0.39, 0.29) is 5.97 Å². The summed E-state index contributed by atoms with van der Waals surface area (Å²) in [5.74, 6) is 0.483. The van der Waals surface area contributed by atoms with Crippen molar-refractivity contribution >= 4 is 16.9 Å². The van der Waals surface area contributed by atoms with E-state index in [9.17, 15) is 4.79 Å². The molecule has 0 atom stereocenters. The zero-order chi connectivity index (χ0) is 18.5. The van der Waals surface area contributed by atoms with Crippen LogP contribution in [0.15, 0.2) is 48.5 Å². The number of hydrogen-bond donors (Lipinski definition) is 0. The molecular weight excluding hydrogens is 326 g/mol. The first-order valence-electron chi connectivity index (χ1n) is 9.17. The molecule has 0 amide bonds. The molecule has 0 unspecified atom stereocenters. The topological polar surface area (TPSA) is 40.5 Å². The SMILES string of the molecule is CCCCOc1ccc2c(c1)c(C(=O)OCC)c(C)n2-c1ccccc1. The fourth-order valence-electron chi connectivity index (χ4n) is 3.19. The quantitative estimate of drug-likeness (QED) is 0.429. The zero-order valence-electron chi connectivity index (χ0n) is 15.6.